The maximum Gasteiger partial charge on any atom is 0.341 e. The molecule has 4 N–H and O–H groups in total. The molecular formula is C29H28F2N6O5. The maximum atomic E-state index is 15.5. The number of aromatic amines is 1. The normalized spacial score (nSPS) is 14.3. The summed E-state index contributed by atoms with van der Waals surface area (Å²) in [5.41, 5.74) is 0.269. The molecule has 1 saturated heterocycles. The Morgan fingerprint density at radius 2 is 1.90 bits per heavy atom. The first kappa shape index (κ1) is 27.5. The van der Waals surface area contributed by atoms with Gasteiger partial charge in [-0.1, -0.05) is 0 Å². The minimum absolute atomic E-state index is 0.0169. The summed E-state index contributed by atoms with van der Waals surface area (Å²) in [5, 5.41) is 23.5. The lowest BCUT2D eigenvalue weighted by atomic mass is 10.0. The Labute approximate surface area is 237 Å². The zero-order valence-electron chi connectivity index (χ0n) is 23.1. The molecule has 1 aliphatic rings. The summed E-state index contributed by atoms with van der Waals surface area (Å²) in [6.45, 7) is 4.83. The molecule has 5 aromatic rings. The second kappa shape index (κ2) is 10.0. The van der Waals surface area contributed by atoms with Crippen LogP contribution < -0.4 is 15.6 Å². The summed E-state index contributed by atoms with van der Waals surface area (Å²) in [6.07, 6.45) is 4.25. The van der Waals surface area contributed by atoms with Gasteiger partial charge in [-0.2, -0.15) is 0 Å². The fraction of sp³-hybridized carbons (Fsp3) is 0.310. The molecule has 13 heteroatoms. The highest BCUT2D eigenvalue weighted by atomic mass is 19.2. The first-order valence-electron chi connectivity index (χ1n) is 13.3. The Bertz CT molecular complexity index is 1960. The number of anilines is 2. The van der Waals surface area contributed by atoms with E-state index >= 15 is 4.39 Å². The smallest absolute Gasteiger partial charge is 0.341 e. The van der Waals surface area contributed by atoms with Gasteiger partial charge < -0.3 is 34.7 Å². The predicted octanol–water partition coefficient (Wildman–Crippen LogP) is 3.72. The number of aromatic nitrogens is 4. The molecule has 42 heavy (non-hydrogen) atoms. The number of aromatic carboxylic acids is 1. The molecular weight excluding hydrogens is 550 g/mol. The van der Waals surface area contributed by atoms with Crippen molar-refractivity contribution in [2.45, 2.75) is 26.0 Å². The molecule has 0 bridgehead atoms. The number of aliphatic hydroxyl groups is 1. The highest BCUT2D eigenvalue weighted by molar-refractivity contribution is 6.18. The molecule has 6 rings (SSSR count). The van der Waals surface area contributed by atoms with Crippen LogP contribution in [0.2, 0.25) is 0 Å². The summed E-state index contributed by atoms with van der Waals surface area (Å²) in [4.78, 5) is 39.4. The third kappa shape index (κ3) is 4.50. The van der Waals surface area contributed by atoms with Gasteiger partial charge in [0.2, 0.25) is 5.43 Å². The van der Waals surface area contributed by atoms with Crippen LogP contribution in [-0.4, -0.2) is 74.7 Å². The van der Waals surface area contributed by atoms with Crippen molar-refractivity contribution in [1.29, 1.82) is 0 Å². The van der Waals surface area contributed by atoms with Gasteiger partial charge in [-0.3, -0.25) is 4.79 Å². The molecule has 11 nitrogen and oxygen atoms in total. The van der Waals surface area contributed by atoms with Gasteiger partial charge in [-0.15, -0.1) is 0 Å². The zero-order valence-corrected chi connectivity index (χ0v) is 23.1. The first-order valence-corrected chi connectivity index (χ1v) is 13.3. The number of carbonyl (C=O) groups is 1. The van der Waals surface area contributed by atoms with Crippen LogP contribution in [0.5, 0.6) is 0 Å². The molecule has 0 unspecified atom stereocenters. The van der Waals surface area contributed by atoms with Gasteiger partial charge in [0, 0.05) is 55.9 Å². The van der Waals surface area contributed by atoms with Crippen LogP contribution in [0.3, 0.4) is 0 Å². The summed E-state index contributed by atoms with van der Waals surface area (Å²) in [5.74, 6) is -3.46. The molecule has 5 heterocycles. The predicted molar refractivity (Wildman–Crippen MR) is 154 cm³/mol. The number of carboxylic acids is 1. The number of hydrogen-bond acceptors (Lipinski definition) is 8. The second-order valence-electron chi connectivity index (χ2n) is 10.9. The van der Waals surface area contributed by atoms with Gasteiger partial charge >= 0.3 is 5.97 Å². The number of morpholine rings is 1. The number of nitrogens with one attached hydrogen (secondary N) is 2. The van der Waals surface area contributed by atoms with Gasteiger partial charge in [-0.05, 0) is 19.9 Å². The van der Waals surface area contributed by atoms with Crippen molar-refractivity contribution < 1.29 is 28.5 Å². The number of pyridine rings is 3. The lowest BCUT2D eigenvalue weighted by Crippen LogP contribution is -2.36. The van der Waals surface area contributed by atoms with Crippen molar-refractivity contribution in [1.82, 2.24) is 19.5 Å². The number of rotatable bonds is 6. The highest BCUT2D eigenvalue weighted by Gasteiger charge is 2.27. The number of ether oxygens (including phenoxy) is 1. The molecule has 1 fully saturated rings. The van der Waals surface area contributed by atoms with Crippen molar-refractivity contribution in [2.24, 2.45) is 0 Å². The number of halogens is 2. The highest BCUT2D eigenvalue weighted by Crippen LogP contribution is 2.43. The van der Waals surface area contributed by atoms with Crippen LogP contribution in [0.15, 0.2) is 35.5 Å². The quantitative estimate of drug-likeness (QED) is 0.237. The van der Waals surface area contributed by atoms with E-state index < -0.39 is 34.2 Å². The number of benzene rings is 1. The standard InChI is InChI=1S/C29H28F2N6O5/c1-29(2,41)13-37-12-17(28(39)40)25(38)15-8-14(10-34-27(15)37)16-11-33-26-21(24(16)36-4-6-42-7-5-36)20-22(31)18(30)9-19(32-3)23(20)35-26/h8-12,32,41H,4-7,13H2,1-3H3,(H,33,35)(H,39,40). The van der Waals surface area contributed by atoms with E-state index in [2.05, 4.69) is 20.3 Å². The van der Waals surface area contributed by atoms with Crippen molar-refractivity contribution in [3.63, 3.8) is 0 Å². The number of hydrogen-bond donors (Lipinski definition) is 4. The molecule has 1 aliphatic heterocycles. The van der Waals surface area contributed by atoms with Crippen molar-refractivity contribution in [3.8, 4) is 11.1 Å². The average molecular weight is 579 g/mol. The summed E-state index contributed by atoms with van der Waals surface area (Å²) in [6, 6.07) is 2.60. The van der Waals surface area contributed by atoms with Gasteiger partial charge in [0.15, 0.2) is 11.6 Å². The number of nitrogens with zero attached hydrogens (tertiary/aromatic N) is 4. The summed E-state index contributed by atoms with van der Waals surface area (Å²) < 4.78 is 37.3. The van der Waals surface area contributed by atoms with Crippen LogP contribution in [0.4, 0.5) is 20.2 Å². The Kier molecular flexibility index (Phi) is 6.58. The van der Waals surface area contributed by atoms with Gasteiger partial charge in [0.05, 0.1) is 58.4 Å². The van der Waals surface area contributed by atoms with Crippen LogP contribution in [0, 0.1) is 11.6 Å². The van der Waals surface area contributed by atoms with E-state index in [1.807, 2.05) is 4.90 Å². The largest absolute Gasteiger partial charge is 0.477 e. The third-order valence-corrected chi connectivity index (χ3v) is 7.37. The Morgan fingerprint density at radius 3 is 2.57 bits per heavy atom. The van der Waals surface area contributed by atoms with Gasteiger partial charge in [-0.25, -0.2) is 23.5 Å². The molecule has 0 amide bonds. The van der Waals surface area contributed by atoms with Crippen molar-refractivity contribution in [3.05, 3.63) is 58.1 Å². The molecule has 218 valence electrons. The Balaban J connectivity index is 1.69. The van der Waals surface area contributed by atoms with E-state index in [9.17, 15) is 24.2 Å². The molecule has 0 atom stereocenters. The fourth-order valence-electron chi connectivity index (χ4n) is 5.58. The molecule has 0 aliphatic carbocycles. The lowest BCUT2D eigenvalue weighted by Gasteiger charge is -2.31. The minimum Gasteiger partial charge on any atom is -0.477 e. The van der Waals surface area contributed by atoms with E-state index in [4.69, 9.17) is 4.74 Å². The van der Waals surface area contributed by atoms with E-state index in [-0.39, 0.29) is 23.0 Å². The average Bonchev–Trinajstić information content (AvgIpc) is 3.35. The molecule has 4 aromatic heterocycles. The zero-order chi connectivity index (χ0) is 29.9. The third-order valence-electron chi connectivity index (χ3n) is 7.37. The number of carboxylic acid groups (broad SMARTS) is 1. The SMILES string of the molecule is CNc1cc(F)c(F)c2c1[nH]c1ncc(-c3cnc4c(c3)c(=O)c(C(=O)O)cn4CC(C)(C)O)c(N3CCOCC3)c12. The van der Waals surface area contributed by atoms with E-state index in [0.717, 1.165) is 6.07 Å². The molecule has 0 radical (unpaired) electrons. The second-order valence-corrected chi connectivity index (χ2v) is 10.9. The fourth-order valence-corrected chi connectivity index (χ4v) is 5.58. The summed E-state index contributed by atoms with van der Waals surface area (Å²) in [7, 11) is 1.61. The van der Waals surface area contributed by atoms with Gasteiger partial charge in [0.25, 0.3) is 0 Å². The maximum absolute atomic E-state index is 15.5. The molecule has 0 spiro atoms. The lowest BCUT2D eigenvalue weighted by molar-refractivity contribution is 0.0612. The Morgan fingerprint density at radius 1 is 1.17 bits per heavy atom. The van der Waals surface area contributed by atoms with Crippen LogP contribution in [0.25, 0.3) is 44.1 Å². The topological polar surface area (TPSA) is 146 Å². The Hall–Kier alpha value is -4.62. The van der Waals surface area contributed by atoms with Crippen LogP contribution >= 0.6 is 0 Å². The van der Waals surface area contributed by atoms with Crippen LogP contribution in [0.1, 0.15) is 24.2 Å². The van der Waals surface area contributed by atoms with Crippen LogP contribution in [-0.2, 0) is 11.3 Å². The van der Waals surface area contributed by atoms with E-state index in [0.29, 0.717) is 65.4 Å². The van der Waals surface area contributed by atoms with E-state index in [1.54, 1.807) is 27.1 Å². The molecule has 1 aromatic carbocycles. The van der Waals surface area contributed by atoms with Crippen molar-refractivity contribution in [2.75, 3.05) is 43.6 Å². The van der Waals surface area contributed by atoms with Gasteiger partial charge in [0.1, 0.15) is 16.9 Å². The minimum atomic E-state index is -1.41. The number of H-pyrrole nitrogens is 1. The first-order chi connectivity index (χ1) is 20.0. The van der Waals surface area contributed by atoms with E-state index in [1.165, 1.54) is 23.0 Å². The number of fused-ring (bicyclic) bond motifs is 4. The van der Waals surface area contributed by atoms with Crippen molar-refractivity contribution >= 4 is 50.3 Å². The summed E-state index contributed by atoms with van der Waals surface area (Å²) >= 11 is 0. The monoisotopic (exact) mass is 578 g/mol. The molecule has 0 saturated carbocycles.